The Morgan fingerprint density at radius 3 is 2.96 bits per heavy atom. The molecule has 0 bridgehead atoms. The van der Waals surface area contributed by atoms with Crippen molar-refractivity contribution < 1.29 is 4.92 Å². The molecule has 0 radical (unpaired) electrons. The van der Waals surface area contributed by atoms with Crippen LogP contribution in [0.2, 0.25) is 0 Å². The molecule has 0 aliphatic rings. The van der Waals surface area contributed by atoms with Crippen LogP contribution in [0.3, 0.4) is 0 Å². The molecule has 3 aromatic heterocycles. The van der Waals surface area contributed by atoms with Gasteiger partial charge in [0, 0.05) is 18.9 Å². The normalized spacial score (nSPS) is 11.3. The van der Waals surface area contributed by atoms with Crippen molar-refractivity contribution in [1.82, 2.24) is 29.5 Å². The molecule has 11 heteroatoms. The molecule has 0 unspecified atom stereocenters. The first-order valence-corrected chi connectivity index (χ1v) is 9.94. The third-order valence-electron chi connectivity index (χ3n) is 3.98. The van der Waals surface area contributed by atoms with Crippen LogP contribution in [0.5, 0.6) is 0 Å². The first kappa shape index (κ1) is 17.6. The zero-order valence-corrected chi connectivity index (χ0v) is 16.0. The standard InChI is InChI=1S/C16H15N7O2S2/c1-11-17-8-15(23(24)25)22(11)7-6-21-9-12(19-20-21)10-26-16-18-13-4-2-3-5-14(13)27-16/h2-5,8-9H,6-7,10H2,1H3. The van der Waals surface area contributed by atoms with Crippen LogP contribution in [0.4, 0.5) is 5.82 Å². The van der Waals surface area contributed by atoms with E-state index >= 15 is 0 Å². The SMILES string of the molecule is Cc1ncc([N+](=O)[O-])n1CCn1cc(CSc2nc3ccccc3s2)nn1. The number of aromatic nitrogens is 6. The number of rotatable bonds is 7. The van der Waals surface area contributed by atoms with E-state index < -0.39 is 4.92 Å². The summed E-state index contributed by atoms with van der Waals surface area (Å²) in [6.07, 6.45) is 3.13. The Labute approximate surface area is 162 Å². The second-order valence-electron chi connectivity index (χ2n) is 5.78. The number of benzene rings is 1. The van der Waals surface area contributed by atoms with E-state index in [4.69, 9.17) is 0 Å². The number of thiazole rings is 1. The second-order valence-corrected chi connectivity index (χ2v) is 8.03. The first-order valence-electron chi connectivity index (χ1n) is 8.14. The molecule has 1 aromatic carbocycles. The minimum absolute atomic E-state index is 0.0146. The molecule has 138 valence electrons. The number of thioether (sulfide) groups is 1. The maximum absolute atomic E-state index is 11.0. The number of nitro groups is 1. The maximum Gasteiger partial charge on any atom is 0.342 e. The maximum atomic E-state index is 11.0. The van der Waals surface area contributed by atoms with Crippen molar-refractivity contribution in [3.63, 3.8) is 0 Å². The van der Waals surface area contributed by atoms with Crippen LogP contribution in [0.15, 0.2) is 41.0 Å². The van der Waals surface area contributed by atoms with E-state index in [1.807, 2.05) is 24.4 Å². The quantitative estimate of drug-likeness (QED) is 0.266. The van der Waals surface area contributed by atoms with Crippen molar-refractivity contribution in [2.75, 3.05) is 0 Å². The van der Waals surface area contributed by atoms with Gasteiger partial charge in [-0.05, 0) is 17.1 Å². The lowest BCUT2D eigenvalue weighted by Crippen LogP contribution is -2.11. The van der Waals surface area contributed by atoms with Crippen molar-refractivity contribution in [1.29, 1.82) is 0 Å². The number of imidazole rings is 1. The van der Waals surface area contributed by atoms with Gasteiger partial charge in [-0.3, -0.25) is 0 Å². The Balaban J connectivity index is 1.37. The fraction of sp³-hybridized carbons (Fsp3) is 0.250. The molecule has 0 aliphatic heterocycles. The predicted octanol–water partition coefficient (Wildman–Crippen LogP) is 3.29. The third kappa shape index (κ3) is 3.83. The molecule has 0 fully saturated rings. The fourth-order valence-electron chi connectivity index (χ4n) is 2.64. The Bertz CT molecular complexity index is 1070. The van der Waals surface area contributed by atoms with Crippen LogP contribution in [-0.4, -0.2) is 34.5 Å². The number of hydrogen-bond acceptors (Lipinski definition) is 8. The van der Waals surface area contributed by atoms with Crippen molar-refractivity contribution in [3.8, 4) is 0 Å². The Morgan fingerprint density at radius 2 is 2.15 bits per heavy atom. The van der Waals surface area contributed by atoms with Gasteiger partial charge in [0.15, 0.2) is 10.2 Å². The van der Waals surface area contributed by atoms with Gasteiger partial charge in [0.2, 0.25) is 0 Å². The number of nitrogens with zero attached hydrogens (tertiary/aromatic N) is 7. The molecule has 0 N–H and O–H groups in total. The molecule has 3 heterocycles. The molecule has 4 aromatic rings. The van der Waals surface area contributed by atoms with E-state index in [1.165, 1.54) is 10.9 Å². The molecule has 4 rings (SSSR count). The average Bonchev–Trinajstić information content (AvgIpc) is 3.36. The van der Waals surface area contributed by atoms with E-state index in [2.05, 4.69) is 26.3 Å². The molecule has 27 heavy (non-hydrogen) atoms. The van der Waals surface area contributed by atoms with Crippen molar-refractivity contribution in [3.05, 3.63) is 58.3 Å². The molecule has 0 spiro atoms. The number of hydrogen-bond donors (Lipinski definition) is 0. The van der Waals surface area contributed by atoms with Crippen LogP contribution in [0.1, 0.15) is 11.5 Å². The molecule has 9 nitrogen and oxygen atoms in total. The summed E-state index contributed by atoms with van der Waals surface area (Å²) >= 11 is 3.28. The highest BCUT2D eigenvalue weighted by Crippen LogP contribution is 2.30. The van der Waals surface area contributed by atoms with E-state index in [0.29, 0.717) is 24.7 Å². The lowest BCUT2D eigenvalue weighted by Gasteiger charge is -2.02. The van der Waals surface area contributed by atoms with Gasteiger partial charge in [0.25, 0.3) is 0 Å². The highest BCUT2D eigenvalue weighted by atomic mass is 32.2. The highest BCUT2D eigenvalue weighted by Gasteiger charge is 2.17. The molecular weight excluding hydrogens is 386 g/mol. The average molecular weight is 401 g/mol. The zero-order chi connectivity index (χ0) is 18.8. The summed E-state index contributed by atoms with van der Waals surface area (Å²) in [5.41, 5.74) is 1.85. The summed E-state index contributed by atoms with van der Waals surface area (Å²) in [5.74, 6) is 1.26. The Morgan fingerprint density at radius 1 is 1.30 bits per heavy atom. The van der Waals surface area contributed by atoms with Crippen LogP contribution in [0.25, 0.3) is 10.2 Å². The van der Waals surface area contributed by atoms with Crippen molar-refractivity contribution >= 4 is 39.1 Å². The molecule has 0 saturated carbocycles. The van der Waals surface area contributed by atoms with Gasteiger partial charge in [-0.15, -0.1) is 16.4 Å². The molecule has 0 atom stereocenters. The van der Waals surface area contributed by atoms with Gasteiger partial charge >= 0.3 is 5.82 Å². The van der Waals surface area contributed by atoms with Gasteiger partial charge in [0.05, 0.1) is 22.5 Å². The minimum Gasteiger partial charge on any atom is -0.358 e. The lowest BCUT2D eigenvalue weighted by atomic mass is 10.3. The Kier molecular flexibility index (Phi) is 4.86. The molecular formula is C16H15N7O2S2. The van der Waals surface area contributed by atoms with E-state index in [-0.39, 0.29) is 5.82 Å². The molecule has 0 saturated heterocycles. The van der Waals surface area contributed by atoms with Crippen LogP contribution >= 0.6 is 23.1 Å². The van der Waals surface area contributed by atoms with Gasteiger partial charge < -0.3 is 10.1 Å². The summed E-state index contributed by atoms with van der Waals surface area (Å²) in [6.45, 7) is 2.64. The Hall–Kier alpha value is -2.79. The van der Waals surface area contributed by atoms with Gasteiger partial charge in [-0.1, -0.05) is 29.1 Å². The second kappa shape index (κ2) is 7.45. The number of fused-ring (bicyclic) bond motifs is 1. The van der Waals surface area contributed by atoms with Gasteiger partial charge in [-0.2, -0.15) is 0 Å². The zero-order valence-electron chi connectivity index (χ0n) is 14.3. The third-order valence-corrected chi connectivity index (χ3v) is 6.19. The summed E-state index contributed by atoms with van der Waals surface area (Å²) in [4.78, 5) is 19.2. The van der Waals surface area contributed by atoms with E-state index in [1.54, 1.807) is 39.3 Å². The lowest BCUT2D eigenvalue weighted by molar-refractivity contribution is -0.392. The van der Waals surface area contributed by atoms with E-state index in [0.717, 1.165) is 15.6 Å². The summed E-state index contributed by atoms with van der Waals surface area (Å²) in [7, 11) is 0. The van der Waals surface area contributed by atoms with Crippen LogP contribution in [0, 0.1) is 17.0 Å². The summed E-state index contributed by atoms with van der Waals surface area (Å²) < 4.78 is 5.42. The monoisotopic (exact) mass is 401 g/mol. The van der Waals surface area contributed by atoms with Crippen LogP contribution in [-0.2, 0) is 18.8 Å². The van der Waals surface area contributed by atoms with Gasteiger partial charge in [0.1, 0.15) is 12.7 Å². The van der Waals surface area contributed by atoms with Crippen molar-refractivity contribution in [2.24, 2.45) is 0 Å². The number of aryl methyl sites for hydroxylation is 2. The van der Waals surface area contributed by atoms with Crippen molar-refractivity contribution in [2.45, 2.75) is 30.1 Å². The fourth-order valence-corrected chi connectivity index (χ4v) is 4.59. The highest BCUT2D eigenvalue weighted by molar-refractivity contribution is 8.00. The van der Waals surface area contributed by atoms with E-state index in [9.17, 15) is 10.1 Å². The minimum atomic E-state index is -0.429. The largest absolute Gasteiger partial charge is 0.358 e. The number of para-hydroxylation sites is 1. The summed E-state index contributed by atoms with van der Waals surface area (Å²) in [5, 5.41) is 19.3. The first-order chi connectivity index (χ1) is 13.1. The predicted molar refractivity (Wildman–Crippen MR) is 103 cm³/mol. The topological polar surface area (TPSA) is 105 Å². The molecule has 0 amide bonds. The van der Waals surface area contributed by atoms with Gasteiger partial charge in [-0.25, -0.2) is 19.2 Å². The summed E-state index contributed by atoms with van der Waals surface area (Å²) in [6, 6.07) is 8.05. The molecule has 0 aliphatic carbocycles. The van der Waals surface area contributed by atoms with Crippen LogP contribution < -0.4 is 0 Å². The smallest absolute Gasteiger partial charge is 0.342 e.